The van der Waals surface area contributed by atoms with Gasteiger partial charge >= 0.3 is 0 Å². The first-order valence-electron chi connectivity index (χ1n) is 13.7. The fourth-order valence-electron chi connectivity index (χ4n) is 5.61. The highest BCUT2D eigenvalue weighted by molar-refractivity contribution is 6.12. The van der Waals surface area contributed by atoms with Crippen molar-refractivity contribution in [1.29, 1.82) is 0 Å². The van der Waals surface area contributed by atoms with Crippen LogP contribution in [0.15, 0.2) is 48.8 Å². The molecule has 0 radical (unpaired) electrons. The zero-order valence-corrected chi connectivity index (χ0v) is 23.1. The number of carbonyl (C=O) groups excluding carboxylic acids is 1. The molecule has 1 fully saturated rings. The minimum atomic E-state index is -0.851. The summed E-state index contributed by atoms with van der Waals surface area (Å²) in [4.78, 5) is 27.9. The highest BCUT2D eigenvalue weighted by atomic mass is 19.1. The zero-order chi connectivity index (χ0) is 29.8. The standard InChI is InChI=1S/C30H27F2N7O4/c1-15-5-27(43-29-20(31)3-2-4-21(29)32)34-10-26(15)39-30(33)19(9-35-39)28(41)24-8-23-22(36-24)7-16-6-17(12-40)38(11-25(16)37-23)18-13-42-14-18/h2-5,7-10,17-18,36,40H,6,11-14,33H2,1H3. The molecule has 0 saturated carbocycles. The second-order valence-corrected chi connectivity index (χ2v) is 10.8. The molecule has 1 atom stereocenters. The van der Waals surface area contributed by atoms with Crippen LogP contribution in [0, 0.1) is 18.6 Å². The number of ketones is 1. The molecule has 0 bridgehead atoms. The normalized spacial score (nSPS) is 17.2. The maximum atomic E-state index is 14.0. The van der Waals surface area contributed by atoms with Crippen LogP contribution in [-0.2, 0) is 17.7 Å². The van der Waals surface area contributed by atoms with Gasteiger partial charge in [-0.15, -0.1) is 0 Å². The van der Waals surface area contributed by atoms with E-state index in [1.807, 2.05) is 6.07 Å². The maximum Gasteiger partial charge on any atom is 0.219 e. The molecule has 4 aromatic heterocycles. The molecule has 1 aromatic carbocycles. The number of ether oxygens (including phenoxy) is 2. The summed E-state index contributed by atoms with van der Waals surface area (Å²) in [5.74, 6) is -2.54. The summed E-state index contributed by atoms with van der Waals surface area (Å²) in [6.07, 6.45) is 3.43. The van der Waals surface area contributed by atoms with Crippen LogP contribution in [-0.4, -0.2) is 72.4 Å². The number of H-pyrrole nitrogens is 1. The third-order valence-electron chi connectivity index (χ3n) is 8.04. The number of pyridine rings is 2. The van der Waals surface area contributed by atoms with E-state index in [2.05, 4.69) is 20.0 Å². The lowest BCUT2D eigenvalue weighted by molar-refractivity contribution is -0.0926. The van der Waals surface area contributed by atoms with Gasteiger partial charge in [0.1, 0.15) is 5.82 Å². The molecule has 4 N–H and O–H groups in total. The predicted octanol–water partition coefficient (Wildman–Crippen LogP) is 3.45. The smallest absolute Gasteiger partial charge is 0.219 e. The number of carbonyl (C=O) groups is 1. The Kier molecular flexibility index (Phi) is 6.64. The molecule has 0 amide bonds. The summed E-state index contributed by atoms with van der Waals surface area (Å²) in [6, 6.07) is 8.86. The number of halogens is 2. The molecule has 11 nitrogen and oxygen atoms in total. The van der Waals surface area contributed by atoms with Crippen molar-refractivity contribution in [3.63, 3.8) is 0 Å². The number of aryl methyl sites for hydroxylation is 1. The fraction of sp³-hybridized carbons (Fsp3) is 0.267. The van der Waals surface area contributed by atoms with Crippen LogP contribution < -0.4 is 10.5 Å². The maximum absolute atomic E-state index is 14.0. The second kappa shape index (κ2) is 10.5. The summed E-state index contributed by atoms with van der Waals surface area (Å²) in [5, 5.41) is 14.3. The molecule has 220 valence electrons. The van der Waals surface area contributed by atoms with Gasteiger partial charge in [-0.25, -0.2) is 23.4 Å². The molecular formula is C30H27F2N7O4. The van der Waals surface area contributed by atoms with Crippen LogP contribution in [0.1, 0.15) is 32.9 Å². The zero-order valence-electron chi connectivity index (χ0n) is 23.1. The Balaban J connectivity index is 1.14. The number of nitrogens with one attached hydrogen (secondary N) is 1. The number of rotatable bonds is 7. The van der Waals surface area contributed by atoms with Gasteiger partial charge in [0.05, 0.1) is 71.9 Å². The average molecular weight is 588 g/mol. The van der Waals surface area contributed by atoms with Gasteiger partial charge in [-0.05, 0) is 48.7 Å². The van der Waals surface area contributed by atoms with Gasteiger partial charge < -0.3 is 25.3 Å². The van der Waals surface area contributed by atoms with E-state index in [1.165, 1.54) is 29.2 Å². The van der Waals surface area contributed by atoms with Gasteiger partial charge in [0, 0.05) is 18.7 Å². The Morgan fingerprint density at radius 1 is 1.21 bits per heavy atom. The van der Waals surface area contributed by atoms with Gasteiger partial charge in [-0.2, -0.15) is 5.10 Å². The van der Waals surface area contributed by atoms with E-state index in [1.54, 1.807) is 13.0 Å². The van der Waals surface area contributed by atoms with Crippen LogP contribution >= 0.6 is 0 Å². The van der Waals surface area contributed by atoms with Gasteiger partial charge in [0.2, 0.25) is 17.4 Å². The Morgan fingerprint density at radius 3 is 2.70 bits per heavy atom. The van der Waals surface area contributed by atoms with Crippen LogP contribution in [0.5, 0.6) is 11.6 Å². The molecule has 1 unspecified atom stereocenters. The molecular weight excluding hydrogens is 560 g/mol. The van der Waals surface area contributed by atoms with E-state index in [0.29, 0.717) is 54.2 Å². The Hall–Kier alpha value is -4.72. The molecule has 0 aliphatic carbocycles. The first kappa shape index (κ1) is 27.1. The minimum Gasteiger partial charge on any atom is -0.433 e. The summed E-state index contributed by atoms with van der Waals surface area (Å²) in [6.45, 7) is 3.67. The van der Waals surface area contributed by atoms with Crippen molar-refractivity contribution < 1.29 is 28.2 Å². The lowest BCUT2D eigenvalue weighted by atomic mass is 9.95. The quantitative estimate of drug-likeness (QED) is 0.244. The molecule has 0 spiro atoms. The van der Waals surface area contributed by atoms with Crippen molar-refractivity contribution >= 4 is 22.6 Å². The van der Waals surface area contributed by atoms with Gasteiger partial charge in [0.25, 0.3) is 0 Å². The number of hydrogen-bond acceptors (Lipinski definition) is 9. The summed E-state index contributed by atoms with van der Waals surface area (Å²) in [7, 11) is 0. The van der Waals surface area contributed by atoms with E-state index < -0.39 is 17.4 Å². The largest absolute Gasteiger partial charge is 0.433 e. The highest BCUT2D eigenvalue weighted by Crippen LogP contribution is 2.31. The minimum absolute atomic E-state index is 0.0124. The van der Waals surface area contributed by atoms with Crippen molar-refractivity contribution in [2.45, 2.75) is 32.0 Å². The van der Waals surface area contributed by atoms with Crippen LogP contribution in [0.4, 0.5) is 14.6 Å². The van der Waals surface area contributed by atoms with Crippen molar-refractivity contribution in [3.05, 3.63) is 88.5 Å². The molecule has 1 saturated heterocycles. The SMILES string of the molecule is Cc1cc(Oc2c(F)cccc2F)ncc1-n1ncc(C(=O)c2cc3nc4c(cc3[nH]2)CC(CO)N(C2COC2)C4)c1N. The number of fused-ring (bicyclic) bond motifs is 2. The summed E-state index contributed by atoms with van der Waals surface area (Å²) >= 11 is 0. The molecule has 13 heteroatoms. The molecule has 5 aromatic rings. The van der Waals surface area contributed by atoms with E-state index >= 15 is 0 Å². The monoisotopic (exact) mass is 587 g/mol. The number of nitrogens with two attached hydrogens (primary N) is 1. The van der Waals surface area contributed by atoms with Crippen molar-refractivity contribution in [3.8, 4) is 17.3 Å². The number of hydrogen-bond donors (Lipinski definition) is 3. The second-order valence-electron chi connectivity index (χ2n) is 10.8. The van der Waals surface area contributed by atoms with Gasteiger partial charge in [-0.3, -0.25) is 9.69 Å². The Morgan fingerprint density at radius 2 is 2.00 bits per heavy atom. The number of aliphatic hydroxyl groups is 1. The summed E-state index contributed by atoms with van der Waals surface area (Å²) < 4.78 is 40.1. The number of aromatic amines is 1. The van der Waals surface area contributed by atoms with Crippen LogP contribution in [0.3, 0.4) is 0 Å². The van der Waals surface area contributed by atoms with E-state index in [4.69, 9.17) is 20.2 Å². The van der Waals surface area contributed by atoms with Gasteiger partial charge in [0.15, 0.2) is 11.6 Å². The predicted molar refractivity (Wildman–Crippen MR) is 151 cm³/mol. The van der Waals surface area contributed by atoms with Crippen molar-refractivity contribution in [2.75, 3.05) is 25.6 Å². The van der Waals surface area contributed by atoms with Crippen molar-refractivity contribution in [1.82, 2.24) is 29.6 Å². The fourth-order valence-corrected chi connectivity index (χ4v) is 5.61. The number of anilines is 1. The lowest BCUT2D eigenvalue weighted by Gasteiger charge is -2.44. The van der Waals surface area contributed by atoms with E-state index in [-0.39, 0.29) is 41.7 Å². The third-order valence-corrected chi connectivity index (χ3v) is 8.04. The summed E-state index contributed by atoms with van der Waals surface area (Å²) in [5.41, 5.74) is 11.3. The topological polar surface area (TPSA) is 144 Å². The Bertz CT molecular complexity index is 1860. The molecule has 7 rings (SSSR count). The Labute approximate surface area is 243 Å². The van der Waals surface area contributed by atoms with Crippen molar-refractivity contribution in [2.24, 2.45) is 0 Å². The average Bonchev–Trinajstić information content (AvgIpc) is 3.55. The number of nitrogens with zero attached hydrogens (tertiary/aromatic N) is 5. The molecule has 43 heavy (non-hydrogen) atoms. The van der Waals surface area contributed by atoms with E-state index in [9.17, 15) is 18.7 Å². The number of aromatic nitrogens is 5. The lowest BCUT2D eigenvalue weighted by Crippen LogP contribution is -2.56. The van der Waals surface area contributed by atoms with Crippen LogP contribution in [0.2, 0.25) is 0 Å². The van der Waals surface area contributed by atoms with Gasteiger partial charge in [-0.1, -0.05) is 6.07 Å². The molecule has 2 aliphatic heterocycles. The number of benzene rings is 1. The number of nitrogen functional groups attached to an aromatic ring is 1. The van der Waals surface area contributed by atoms with Crippen LogP contribution in [0.25, 0.3) is 16.7 Å². The number of aliphatic hydroxyl groups excluding tert-OH is 1. The first-order valence-corrected chi connectivity index (χ1v) is 13.7. The first-order chi connectivity index (χ1) is 20.8. The molecule has 2 aliphatic rings. The van der Waals surface area contributed by atoms with E-state index in [0.717, 1.165) is 23.4 Å². The number of para-hydroxylation sites is 1. The highest BCUT2D eigenvalue weighted by Gasteiger charge is 2.35. The molecule has 6 heterocycles. The third kappa shape index (κ3) is 4.71.